The van der Waals surface area contributed by atoms with E-state index in [1.54, 1.807) is 0 Å². The number of hydrogen-bond donors (Lipinski definition) is 0. The SMILES string of the molecule is C/C=C\C=C1/c2cc(-c3ccc4c(c3)C3(c5ccccc5-c5ccccc53)c3ccccc3-4)ccc2Oc2ccc(-c3cccc4oc5ccccc5c34)cc21. The van der Waals surface area contributed by atoms with Crippen LogP contribution in [0.1, 0.15) is 40.3 Å². The molecular weight excluding hydrogens is 681 g/mol. The van der Waals surface area contributed by atoms with Gasteiger partial charge in [0.15, 0.2) is 0 Å². The molecule has 0 fully saturated rings. The number of benzene rings is 8. The molecule has 2 nitrogen and oxygen atoms in total. The molecule has 0 saturated heterocycles. The molecule has 3 aliphatic rings. The number of fused-ring (bicyclic) bond motifs is 15. The summed E-state index contributed by atoms with van der Waals surface area (Å²) >= 11 is 0. The first-order valence-corrected chi connectivity index (χ1v) is 19.4. The number of allylic oxidation sites excluding steroid dienone is 3. The number of hydrogen-bond acceptors (Lipinski definition) is 2. The van der Waals surface area contributed by atoms with Crippen molar-refractivity contribution in [1.29, 1.82) is 0 Å². The minimum Gasteiger partial charge on any atom is -0.456 e. The van der Waals surface area contributed by atoms with E-state index in [0.717, 1.165) is 66.8 Å². The van der Waals surface area contributed by atoms with Gasteiger partial charge in [0.05, 0.1) is 5.41 Å². The fourth-order valence-electron chi connectivity index (χ4n) is 9.93. The highest BCUT2D eigenvalue weighted by molar-refractivity contribution is 6.12. The van der Waals surface area contributed by atoms with Gasteiger partial charge in [-0.15, -0.1) is 0 Å². The molecule has 9 aromatic rings. The molecule has 2 heteroatoms. The lowest BCUT2D eigenvalue weighted by Crippen LogP contribution is -2.25. The van der Waals surface area contributed by atoms with Gasteiger partial charge in [-0.3, -0.25) is 0 Å². The van der Waals surface area contributed by atoms with Crippen LogP contribution in [0.2, 0.25) is 0 Å². The largest absolute Gasteiger partial charge is 0.456 e. The maximum absolute atomic E-state index is 6.70. The molecule has 2 aliphatic carbocycles. The minimum atomic E-state index is -0.387. The molecule has 12 rings (SSSR count). The Balaban J connectivity index is 1.02. The third kappa shape index (κ3) is 4.16. The van der Waals surface area contributed by atoms with Crippen molar-refractivity contribution in [3.63, 3.8) is 0 Å². The van der Waals surface area contributed by atoms with Gasteiger partial charge in [0.25, 0.3) is 0 Å². The molecule has 1 spiro atoms. The van der Waals surface area contributed by atoms with Gasteiger partial charge in [-0.25, -0.2) is 0 Å². The highest BCUT2D eigenvalue weighted by atomic mass is 16.5. The molecular formula is C54H34O2. The number of para-hydroxylation sites is 1. The number of furan rings is 1. The zero-order valence-electron chi connectivity index (χ0n) is 30.7. The molecule has 0 N–H and O–H groups in total. The highest BCUT2D eigenvalue weighted by Gasteiger charge is 2.51. The van der Waals surface area contributed by atoms with E-state index < -0.39 is 0 Å². The van der Waals surface area contributed by atoms with E-state index in [9.17, 15) is 0 Å². The van der Waals surface area contributed by atoms with Crippen LogP contribution in [0.15, 0.2) is 193 Å². The summed E-state index contributed by atoms with van der Waals surface area (Å²) in [5.74, 6) is 1.71. The fourth-order valence-corrected chi connectivity index (χ4v) is 9.93. The van der Waals surface area contributed by atoms with E-state index >= 15 is 0 Å². The van der Waals surface area contributed by atoms with Gasteiger partial charge < -0.3 is 9.15 Å². The molecule has 262 valence electrons. The molecule has 0 bridgehead atoms. The Hall–Kier alpha value is -7.16. The third-order valence-electron chi connectivity index (χ3n) is 12.3. The number of rotatable bonds is 3. The molecule has 56 heavy (non-hydrogen) atoms. The first kappa shape index (κ1) is 31.2. The number of ether oxygens (including phenoxy) is 1. The smallest absolute Gasteiger partial charge is 0.136 e. The van der Waals surface area contributed by atoms with Crippen LogP contribution in [0, 0.1) is 0 Å². The maximum Gasteiger partial charge on any atom is 0.136 e. The Morgan fingerprint density at radius 1 is 0.429 bits per heavy atom. The van der Waals surface area contributed by atoms with E-state index in [1.807, 2.05) is 12.1 Å². The summed E-state index contributed by atoms with van der Waals surface area (Å²) in [6, 6.07) is 61.9. The van der Waals surface area contributed by atoms with Crippen molar-refractivity contribution < 1.29 is 9.15 Å². The quantitative estimate of drug-likeness (QED) is 0.182. The molecule has 0 unspecified atom stereocenters. The molecule has 2 heterocycles. The van der Waals surface area contributed by atoms with Crippen molar-refractivity contribution in [3.05, 3.63) is 221 Å². The average molecular weight is 715 g/mol. The van der Waals surface area contributed by atoms with Gasteiger partial charge in [0, 0.05) is 21.9 Å². The Morgan fingerprint density at radius 2 is 0.964 bits per heavy atom. The molecule has 0 radical (unpaired) electrons. The maximum atomic E-state index is 6.70. The minimum absolute atomic E-state index is 0.387. The van der Waals surface area contributed by atoms with E-state index in [4.69, 9.17) is 9.15 Å². The van der Waals surface area contributed by atoms with Crippen molar-refractivity contribution in [2.24, 2.45) is 0 Å². The van der Waals surface area contributed by atoms with E-state index in [0.29, 0.717) is 0 Å². The Morgan fingerprint density at radius 3 is 1.66 bits per heavy atom. The Labute approximate surface area is 325 Å². The summed E-state index contributed by atoms with van der Waals surface area (Å²) in [6.45, 7) is 2.06. The van der Waals surface area contributed by atoms with Crippen LogP contribution in [-0.4, -0.2) is 0 Å². The van der Waals surface area contributed by atoms with Crippen LogP contribution in [0.5, 0.6) is 11.5 Å². The first-order valence-electron chi connectivity index (χ1n) is 19.4. The summed E-state index contributed by atoms with van der Waals surface area (Å²) in [4.78, 5) is 0. The van der Waals surface area contributed by atoms with Gasteiger partial charge in [-0.05, 0) is 122 Å². The zero-order valence-corrected chi connectivity index (χ0v) is 30.7. The monoisotopic (exact) mass is 714 g/mol. The van der Waals surface area contributed by atoms with Gasteiger partial charge in [0.2, 0.25) is 0 Å². The first-order chi connectivity index (χ1) is 27.7. The van der Waals surface area contributed by atoms with Crippen molar-refractivity contribution in [2.75, 3.05) is 0 Å². The van der Waals surface area contributed by atoms with Crippen LogP contribution < -0.4 is 4.74 Å². The lowest BCUT2D eigenvalue weighted by Gasteiger charge is -2.30. The van der Waals surface area contributed by atoms with Crippen LogP contribution >= 0.6 is 0 Å². The lowest BCUT2D eigenvalue weighted by molar-refractivity contribution is 0.474. The second-order valence-corrected chi connectivity index (χ2v) is 15.1. The van der Waals surface area contributed by atoms with Crippen LogP contribution in [0.3, 0.4) is 0 Å². The topological polar surface area (TPSA) is 22.4 Å². The Kier molecular flexibility index (Phi) is 6.50. The van der Waals surface area contributed by atoms with E-state index in [1.165, 1.54) is 50.1 Å². The van der Waals surface area contributed by atoms with Gasteiger partial charge in [-0.1, -0.05) is 146 Å². The van der Waals surface area contributed by atoms with E-state index in [-0.39, 0.29) is 5.41 Å². The molecule has 8 aromatic carbocycles. The van der Waals surface area contributed by atoms with Crippen molar-refractivity contribution >= 4 is 27.5 Å². The highest BCUT2D eigenvalue weighted by Crippen LogP contribution is 2.63. The summed E-state index contributed by atoms with van der Waals surface area (Å²) in [7, 11) is 0. The summed E-state index contributed by atoms with van der Waals surface area (Å²) in [6.07, 6.45) is 6.44. The zero-order chi connectivity index (χ0) is 37.0. The Bertz CT molecular complexity index is 3120. The second-order valence-electron chi connectivity index (χ2n) is 15.1. The summed E-state index contributed by atoms with van der Waals surface area (Å²) in [5.41, 5.74) is 19.9. The second kappa shape index (κ2) is 11.7. The van der Waals surface area contributed by atoms with Crippen molar-refractivity contribution in [2.45, 2.75) is 12.3 Å². The third-order valence-corrected chi connectivity index (χ3v) is 12.3. The van der Waals surface area contributed by atoms with E-state index in [2.05, 4.69) is 183 Å². The van der Waals surface area contributed by atoms with Crippen LogP contribution in [0.25, 0.3) is 72.0 Å². The summed E-state index contributed by atoms with van der Waals surface area (Å²) < 4.78 is 13.0. The molecule has 0 atom stereocenters. The van der Waals surface area contributed by atoms with Crippen molar-refractivity contribution in [1.82, 2.24) is 0 Å². The molecule has 1 aromatic heterocycles. The van der Waals surface area contributed by atoms with Gasteiger partial charge in [0.1, 0.15) is 22.7 Å². The predicted molar refractivity (Wildman–Crippen MR) is 229 cm³/mol. The average Bonchev–Trinajstić information content (AvgIpc) is 3.89. The standard InChI is InChI=1S/C54H34O2/c1-2-3-13-37-43-30-33(25-28-50(43)55-51-29-26-35(31-44(37)51)36-18-12-23-52-53(36)42-17-7-11-22-49(42)56-52)34-24-27-41-40-16-6-10-21-47(40)54(48(41)32-34)45-19-8-4-14-38(45)39-15-5-9-20-46(39)54/h2-32H,1H3/b3-2-,37-13+. The predicted octanol–water partition coefficient (Wildman–Crippen LogP) is 14.4. The van der Waals surface area contributed by atoms with Crippen LogP contribution in [-0.2, 0) is 5.41 Å². The van der Waals surface area contributed by atoms with Gasteiger partial charge >= 0.3 is 0 Å². The van der Waals surface area contributed by atoms with Crippen molar-refractivity contribution in [3.8, 4) is 56.0 Å². The van der Waals surface area contributed by atoms with Crippen LogP contribution in [0.4, 0.5) is 0 Å². The normalized spacial score (nSPS) is 14.8. The fraction of sp³-hybridized carbons (Fsp3) is 0.0370. The molecule has 1 aliphatic heterocycles. The van der Waals surface area contributed by atoms with Gasteiger partial charge in [-0.2, -0.15) is 0 Å². The summed E-state index contributed by atoms with van der Waals surface area (Å²) in [5, 5.41) is 2.25. The molecule has 0 saturated carbocycles. The molecule has 0 amide bonds. The lowest BCUT2D eigenvalue weighted by atomic mass is 9.70.